The summed E-state index contributed by atoms with van der Waals surface area (Å²) in [6.07, 6.45) is 1.60. The van der Waals surface area contributed by atoms with Crippen molar-refractivity contribution in [3.05, 3.63) is 81.6 Å². The van der Waals surface area contributed by atoms with Gasteiger partial charge in [-0.15, -0.1) is 0 Å². The Balaban J connectivity index is 1.63. The van der Waals surface area contributed by atoms with Gasteiger partial charge in [-0.3, -0.25) is 4.79 Å². The first-order valence-electron chi connectivity index (χ1n) is 9.47. The Hall–Kier alpha value is -3.39. The van der Waals surface area contributed by atoms with Crippen LogP contribution >= 0.6 is 15.9 Å². The van der Waals surface area contributed by atoms with Gasteiger partial charge in [-0.25, -0.2) is 10.2 Å². The van der Waals surface area contributed by atoms with Gasteiger partial charge in [-0.2, -0.15) is 5.10 Å². The van der Waals surface area contributed by atoms with Gasteiger partial charge in [0.1, 0.15) is 5.75 Å². The van der Waals surface area contributed by atoms with Gasteiger partial charge in [0.15, 0.2) is 6.61 Å². The molecule has 3 rings (SSSR count). The van der Waals surface area contributed by atoms with Crippen molar-refractivity contribution >= 4 is 34.0 Å². The summed E-state index contributed by atoms with van der Waals surface area (Å²) in [5.74, 6) is -0.129. The lowest BCUT2D eigenvalue weighted by molar-refractivity contribution is -0.123. The van der Waals surface area contributed by atoms with Crippen LogP contribution in [0.15, 0.2) is 64.2 Å². The molecule has 0 bridgehead atoms. The maximum atomic E-state index is 12.0. The van der Waals surface area contributed by atoms with E-state index >= 15 is 0 Å². The first-order chi connectivity index (χ1) is 14.9. The number of benzene rings is 2. The summed E-state index contributed by atoms with van der Waals surface area (Å²) in [5, 5.41) is 4.04. The molecule has 1 aromatic heterocycles. The molecule has 0 spiro atoms. The maximum absolute atomic E-state index is 12.0. The van der Waals surface area contributed by atoms with Gasteiger partial charge < -0.3 is 14.0 Å². The van der Waals surface area contributed by atoms with Crippen LogP contribution in [0.25, 0.3) is 5.69 Å². The van der Waals surface area contributed by atoms with Gasteiger partial charge >= 0.3 is 5.97 Å². The first kappa shape index (κ1) is 22.3. The molecule has 0 radical (unpaired) electrons. The highest BCUT2D eigenvalue weighted by molar-refractivity contribution is 9.10. The summed E-state index contributed by atoms with van der Waals surface area (Å²) in [6.45, 7) is 3.80. The normalized spacial score (nSPS) is 10.8. The lowest BCUT2D eigenvalue weighted by Gasteiger charge is -2.10. The number of methoxy groups -OCH3 is 1. The Morgan fingerprint density at radius 3 is 2.42 bits per heavy atom. The Kier molecular flexibility index (Phi) is 7.25. The monoisotopic (exact) mass is 483 g/mol. The molecule has 160 valence electrons. The number of hydrazone groups is 1. The van der Waals surface area contributed by atoms with E-state index in [1.165, 1.54) is 7.11 Å². The fraction of sp³-hybridized carbons (Fsp3) is 0.174. The van der Waals surface area contributed by atoms with Crippen LogP contribution < -0.4 is 10.2 Å². The third-order valence-corrected chi connectivity index (χ3v) is 5.12. The Morgan fingerprint density at radius 1 is 1.10 bits per heavy atom. The summed E-state index contributed by atoms with van der Waals surface area (Å²) in [7, 11) is 1.35. The molecule has 31 heavy (non-hydrogen) atoms. The highest BCUT2D eigenvalue weighted by Crippen LogP contribution is 2.20. The number of aryl methyl sites for hydroxylation is 1. The third kappa shape index (κ3) is 5.61. The number of carbonyl (C=O) groups excluding carboxylic acids is 2. The van der Waals surface area contributed by atoms with Gasteiger partial charge in [0, 0.05) is 27.1 Å². The van der Waals surface area contributed by atoms with Crippen molar-refractivity contribution in [2.45, 2.75) is 13.8 Å². The summed E-state index contributed by atoms with van der Waals surface area (Å²) < 4.78 is 13.1. The van der Waals surface area contributed by atoms with Crippen LogP contribution in [0, 0.1) is 13.8 Å². The van der Waals surface area contributed by atoms with Gasteiger partial charge in [-0.1, -0.05) is 15.9 Å². The van der Waals surface area contributed by atoms with Crippen LogP contribution in [-0.2, 0) is 9.53 Å². The summed E-state index contributed by atoms with van der Waals surface area (Å²) >= 11 is 3.35. The SMILES string of the molecule is COC(=O)c1ccc(-n2c(C)cc(/C=N\NC(=O)COc3ccc(Br)cc3)c2C)cc1. The van der Waals surface area contributed by atoms with E-state index in [0.717, 1.165) is 27.1 Å². The molecule has 0 unspecified atom stereocenters. The zero-order chi connectivity index (χ0) is 22.4. The van der Waals surface area contributed by atoms with Gasteiger partial charge in [-0.05, 0) is 68.4 Å². The van der Waals surface area contributed by atoms with E-state index in [-0.39, 0.29) is 18.5 Å². The maximum Gasteiger partial charge on any atom is 0.337 e. The average Bonchev–Trinajstić information content (AvgIpc) is 3.06. The molecule has 0 saturated heterocycles. The quantitative estimate of drug-likeness (QED) is 0.310. The molecule has 3 aromatic rings. The summed E-state index contributed by atoms with van der Waals surface area (Å²) in [4.78, 5) is 23.6. The molecular weight excluding hydrogens is 462 g/mol. The number of halogens is 1. The van der Waals surface area contributed by atoms with Crippen LogP contribution in [-0.4, -0.2) is 36.4 Å². The second kappa shape index (κ2) is 10.1. The number of ether oxygens (including phenoxy) is 2. The first-order valence-corrected chi connectivity index (χ1v) is 10.3. The number of carbonyl (C=O) groups is 2. The van der Waals surface area contributed by atoms with Gasteiger partial charge in [0.2, 0.25) is 0 Å². The highest BCUT2D eigenvalue weighted by atomic mass is 79.9. The van der Waals surface area contributed by atoms with E-state index in [1.807, 2.05) is 48.7 Å². The number of esters is 1. The second-order valence-corrected chi connectivity index (χ2v) is 7.65. The smallest absolute Gasteiger partial charge is 0.337 e. The van der Waals surface area contributed by atoms with Crippen LogP contribution in [0.2, 0.25) is 0 Å². The molecule has 0 aliphatic carbocycles. The Labute approximate surface area is 188 Å². The lowest BCUT2D eigenvalue weighted by atomic mass is 10.2. The molecule has 0 aliphatic heterocycles. The number of hydrogen-bond donors (Lipinski definition) is 1. The standard InChI is InChI=1S/C23H22BrN3O4/c1-15-12-18(13-25-26-22(28)14-31-21-10-6-19(24)7-11-21)16(2)27(15)20-8-4-17(5-9-20)23(29)30-3/h4-13H,14H2,1-3H3,(H,26,28)/b25-13-. The van der Waals surface area contributed by atoms with E-state index in [4.69, 9.17) is 9.47 Å². The number of nitrogens with one attached hydrogen (secondary N) is 1. The molecule has 7 nitrogen and oxygen atoms in total. The van der Waals surface area contributed by atoms with Gasteiger partial charge in [0.05, 0.1) is 18.9 Å². The van der Waals surface area contributed by atoms with Crippen molar-refractivity contribution in [1.82, 2.24) is 9.99 Å². The zero-order valence-electron chi connectivity index (χ0n) is 17.4. The zero-order valence-corrected chi connectivity index (χ0v) is 19.0. The third-order valence-electron chi connectivity index (χ3n) is 4.59. The molecule has 1 N–H and O–H groups in total. The minimum atomic E-state index is -0.375. The fourth-order valence-electron chi connectivity index (χ4n) is 3.07. The average molecular weight is 484 g/mol. The number of aromatic nitrogens is 1. The Bertz CT molecular complexity index is 1100. The summed E-state index contributed by atoms with van der Waals surface area (Å²) in [5.41, 5.74) is 6.68. The Morgan fingerprint density at radius 2 is 1.77 bits per heavy atom. The molecule has 2 aromatic carbocycles. The van der Waals surface area contributed by atoms with Crippen LogP contribution in [0.3, 0.4) is 0 Å². The largest absolute Gasteiger partial charge is 0.484 e. The fourth-order valence-corrected chi connectivity index (χ4v) is 3.33. The van der Waals surface area contributed by atoms with Crippen molar-refractivity contribution in [3.8, 4) is 11.4 Å². The molecule has 1 amide bonds. The van der Waals surface area contributed by atoms with Crippen LogP contribution in [0.1, 0.15) is 27.3 Å². The summed E-state index contributed by atoms with van der Waals surface area (Å²) in [6, 6.07) is 16.3. The van der Waals surface area contributed by atoms with Crippen LogP contribution in [0.5, 0.6) is 5.75 Å². The molecule has 0 atom stereocenters. The van der Waals surface area contributed by atoms with Crippen LogP contribution in [0.4, 0.5) is 0 Å². The molecule has 8 heteroatoms. The van der Waals surface area contributed by atoms with Crippen molar-refractivity contribution < 1.29 is 19.1 Å². The van der Waals surface area contributed by atoms with E-state index in [9.17, 15) is 9.59 Å². The molecule has 0 aliphatic rings. The predicted molar refractivity (Wildman–Crippen MR) is 122 cm³/mol. The molecular formula is C23H22BrN3O4. The predicted octanol–water partition coefficient (Wildman–Crippen LogP) is 4.17. The molecule has 0 saturated carbocycles. The van der Waals surface area contributed by atoms with Crippen molar-refractivity contribution in [3.63, 3.8) is 0 Å². The minimum absolute atomic E-state index is 0.134. The van der Waals surface area contributed by atoms with E-state index in [1.54, 1.807) is 30.5 Å². The molecule has 0 fully saturated rings. The van der Waals surface area contributed by atoms with Crippen molar-refractivity contribution in [2.24, 2.45) is 5.10 Å². The lowest BCUT2D eigenvalue weighted by Crippen LogP contribution is -2.24. The topological polar surface area (TPSA) is 81.9 Å². The number of nitrogens with zero attached hydrogens (tertiary/aromatic N) is 2. The van der Waals surface area contributed by atoms with Crippen molar-refractivity contribution in [1.29, 1.82) is 0 Å². The van der Waals surface area contributed by atoms with Crippen molar-refractivity contribution in [2.75, 3.05) is 13.7 Å². The highest BCUT2D eigenvalue weighted by Gasteiger charge is 2.11. The number of rotatable bonds is 7. The van der Waals surface area contributed by atoms with E-state index in [2.05, 4.69) is 26.5 Å². The minimum Gasteiger partial charge on any atom is -0.484 e. The molecule has 1 heterocycles. The van der Waals surface area contributed by atoms with E-state index < -0.39 is 0 Å². The number of hydrogen-bond acceptors (Lipinski definition) is 5. The van der Waals surface area contributed by atoms with Gasteiger partial charge in [0.25, 0.3) is 5.91 Å². The van der Waals surface area contributed by atoms with E-state index in [0.29, 0.717) is 11.3 Å². The number of amides is 1. The second-order valence-electron chi connectivity index (χ2n) is 6.74.